The summed E-state index contributed by atoms with van der Waals surface area (Å²) in [6.45, 7) is 4.59. The van der Waals surface area contributed by atoms with E-state index in [9.17, 15) is 4.39 Å². The summed E-state index contributed by atoms with van der Waals surface area (Å²) in [6.07, 6.45) is 4.73. The van der Waals surface area contributed by atoms with Crippen molar-refractivity contribution < 1.29 is 4.39 Å². The summed E-state index contributed by atoms with van der Waals surface area (Å²) in [7, 11) is 2.19. The molecule has 2 heteroatoms. The molecule has 0 unspecified atom stereocenters. The van der Waals surface area contributed by atoms with Crippen LogP contribution in [0.2, 0.25) is 0 Å². The third-order valence-corrected chi connectivity index (χ3v) is 4.54. The van der Waals surface area contributed by atoms with Crippen molar-refractivity contribution in [3.63, 3.8) is 0 Å². The largest absolute Gasteiger partial charge is 0.305 e. The Labute approximate surface area is 108 Å². The Morgan fingerprint density at radius 3 is 2.56 bits per heavy atom. The maximum atomic E-state index is 13.1. The topological polar surface area (TPSA) is 3.24 Å². The Bertz CT molecular complexity index is 451. The average Bonchev–Trinajstić information content (AvgIpc) is 2.71. The summed E-state index contributed by atoms with van der Waals surface area (Å²) >= 11 is 0. The van der Waals surface area contributed by atoms with E-state index in [1.807, 2.05) is 12.1 Å². The van der Waals surface area contributed by atoms with E-state index < -0.39 is 0 Å². The van der Waals surface area contributed by atoms with Crippen LogP contribution in [0, 0.1) is 23.6 Å². The number of rotatable bonds is 1. The van der Waals surface area contributed by atoms with E-state index in [0.717, 1.165) is 13.1 Å². The van der Waals surface area contributed by atoms with Gasteiger partial charge < -0.3 is 4.90 Å². The molecule has 1 aromatic rings. The van der Waals surface area contributed by atoms with Gasteiger partial charge in [-0.3, -0.25) is 0 Å². The third-order valence-electron chi connectivity index (χ3n) is 4.54. The van der Waals surface area contributed by atoms with Crippen LogP contribution in [-0.2, 0) is 0 Å². The molecule has 0 aromatic heterocycles. The molecular formula is C16H20FN. The minimum Gasteiger partial charge on any atom is -0.305 e. The lowest BCUT2D eigenvalue weighted by Crippen LogP contribution is -2.28. The second kappa shape index (κ2) is 4.51. The molecule has 1 saturated heterocycles. The smallest absolute Gasteiger partial charge is 0.123 e. The summed E-state index contributed by atoms with van der Waals surface area (Å²) in [5, 5.41) is 0. The van der Waals surface area contributed by atoms with Crippen molar-refractivity contribution in [2.75, 3.05) is 20.1 Å². The van der Waals surface area contributed by atoms with Gasteiger partial charge in [0.1, 0.15) is 5.82 Å². The molecule has 0 radical (unpaired) electrons. The van der Waals surface area contributed by atoms with E-state index in [1.54, 1.807) is 12.1 Å². The molecule has 0 saturated carbocycles. The van der Waals surface area contributed by atoms with Crippen LogP contribution in [0.15, 0.2) is 36.4 Å². The maximum Gasteiger partial charge on any atom is 0.123 e. The lowest BCUT2D eigenvalue weighted by Gasteiger charge is -2.34. The van der Waals surface area contributed by atoms with Crippen LogP contribution < -0.4 is 0 Å². The maximum absolute atomic E-state index is 13.1. The van der Waals surface area contributed by atoms with Crippen molar-refractivity contribution >= 4 is 0 Å². The fraction of sp³-hybridized carbons (Fsp3) is 0.500. The molecule has 4 atom stereocenters. The Morgan fingerprint density at radius 1 is 1.11 bits per heavy atom. The van der Waals surface area contributed by atoms with Crippen molar-refractivity contribution in [2.24, 2.45) is 17.8 Å². The second-order valence-electron chi connectivity index (χ2n) is 5.87. The molecule has 1 aromatic carbocycles. The van der Waals surface area contributed by atoms with Crippen molar-refractivity contribution in [2.45, 2.75) is 12.8 Å². The van der Waals surface area contributed by atoms with Crippen LogP contribution in [0.1, 0.15) is 18.4 Å². The Morgan fingerprint density at radius 2 is 1.83 bits per heavy atom. The van der Waals surface area contributed by atoms with Gasteiger partial charge in [-0.2, -0.15) is 0 Å². The van der Waals surface area contributed by atoms with Gasteiger partial charge in [-0.25, -0.2) is 4.39 Å². The molecule has 1 aliphatic heterocycles. The SMILES string of the molecule is C[C@@H]1C=C[C@@H]2CN(C)C[C@H]2[C@@H]1c1ccc(F)cc1. The summed E-state index contributed by atoms with van der Waals surface area (Å²) in [4.78, 5) is 2.41. The number of nitrogens with zero attached hydrogens (tertiary/aromatic N) is 1. The number of hydrogen-bond donors (Lipinski definition) is 0. The van der Waals surface area contributed by atoms with Gasteiger partial charge in [-0.05, 0) is 48.4 Å². The first-order chi connectivity index (χ1) is 8.65. The third kappa shape index (κ3) is 1.99. The Kier molecular flexibility index (Phi) is 2.98. The standard InChI is InChI=1S/C16H20FN/c1-11-3-4-13-9-18(2)10-15(13)16(11)12-5-7-14(17)8-6-12/h3-8,11,13,15-16H,9-10H2,1-2H3/t11-,13-,15-,16+/m1/s1. The van der Waals surface area contributed by atoms with Crippen LogP contribution in [0.5, 0.6) is 0 Å². The first-order valence-corrected chi connectivity index (χ1v) is 6.77. The minimum atomic E-state index is -0.141. The normalized spacial score (nSPS) is 35.7. The number of fused-ring (bicyclic) bond motifs is 1. The highest BCUT2D eigenvalue weighted by Gasteiger charge is 2.40. The summed E-state index contributed by atoms with van der Waals surface area (Å²) in [5.74, 6) is 2.29. The van der Waals surface area contributed by atoms with Crippen LogP contribution in [0.3, 0.4) is 0 Å². The summed E-state index contributed by atoms with van der Waals surface area (Å²) in [5.41, 5.74) is 1.29. The fourth-order valence-electron chi connectivity index (χ4n) is 3.71. The molecule has 1 nitrogen and oxygen atoms in total. The second-order valence-corrected chi connectivity index (χ2v) is 5.87. The van der Waals surface area contributed by atoms with Crippen molar-refractivity contribution in [1.82, 2.24) is 4.90 Å². The molecule has 0 spiro atoms. The highest BCUT2D eigenvalue weighted by atomic mass is 19.1. The predicted octanol–water partition coefficient (Wildman–Crippen LogP) is 3.29. The predicted molar refractivity (Wildman–Crippen MR) is 71.9 cm³/mol. The fourth-order valence-corrected chi connectivity index (χ4v) is 3.71. The molecule has 2 aliphatic rings. The molecular weight excluding hydrogens is 225 g/mol. The van der Waals surface area contributed by atoms with E-state index >= 15 is 0 Å². The van der Waals surface area contributed by atoms with Gasteiger partial charge in [0.05, 0.1) is 0 Å². The number of benzene rings is 1. The number of hydrogen-bond acceptors (Lipinski definition) is 1. The average molecular weight is 245 g/mol. The number of halogens is 1. The van der Waals surface area contributed by atoms with Crippen molar-refractivity contribution in [3.8, 4) is 0 Å². The molecule has 18 heavy (non-hydrogen) atoms. The van der Waals surface area contributed by atoms with Crippen LogP contribution in [-0.4, -0.2) is 25.0 Å². The van der Waals surface area contributed by atoms with Crippen molar-refractivity contribution in [1.29, 1.82) is 0 Å². The van der Waals surface area contributed by atoms with E-state index in [2.05, 4.69) is 31.0 Å². The summed E-state index contributed by atoms with van der Waals surface area (Å²) < 4.78 is 13.1. The molecule has 0 amide bonds. The molecule has 1 heterocycles. The zero-order valence-electron chi connectivity index (χ0n) is 11.0. The first kappa shape index (κ1) is 11.9. The summed E-state index contributed by atoms with van der Waals surface area (Å²) in [6, 6.07) is 7.11. The van der Waals surface area contributed by atoms with E-state index in [1.165, 1.54) is 5.56 Å². The molecule has 0 N–H and O–H groups in total. The van der Waals surface area contributed by atoms with Gasteiger partial charge in [0.2, 0.25) is 0 Å². The first-order valence-electron chi connectivity index (χ1n) is 6.77. The Hall–Kier alpha value is -1.15. The van der Waals surface area contributed by atoms with Gasteiger partial charge in [0.15, 0.2) is 0 Å². The molecule has 3 rings (SSSR count). The highest BCUT2D eigenvalue weighted by Crippen LogP contribution is 2.44. The highest BCUT2D eigenvalue weighted by molar-refractivity contribution is 5.27. The molecule has 0 bridgehead atoms. The minimum absolute atomic E-state index is 0.141. The van der Waals surface area contributed by atoms with Crippen molar-refractivity contribution in [3.05, 3.63) is 47.8 Å². The lowest BCUT2D eigenvalue weighted by molar-refractivity contribution is 0.311. The molecule has 96 valence electrons. The van der Waals surface area contributed by atoms with E-state index in [-0.39, 0.29) is 5.82 Å². The monoisotopic (exact) mass is 245 g/mol. The van der Waals surface area contributed by atoms with Gasteiger partial charge in [0, 0.05) is 13.1 Å². The zero-order chi connectivity index (χ0) is 12.7. The van der Waals surface area contributed by atoms with Gasteiger partial charge in [-0.15, -0.1) is 0 Å². The van der Waals surface area contributed by atoms with Gasteiger partial charge in [0.25, 0.3) is 0 Å². The van der Waals surface area contributed by atoms with E-state index in [0.29, 0.717) is 23.7 Å². The van der Waals surface area contributed by atoms with E-state index in [4.69, 9.17) is 0 Å². The van der Waals surface area contributed by atoms with Gasteiger partial charge in [-0.1, -0.05) is 31.2 Å². The van der Waals surface area contributed by atoms with Crippen LogP contribution in [0.25, 0.3) is 0 Å². The number of likely N-dealkylation sites (tertiary alicyclic amines) is 1. The van der Waals surface area contributed by atoms with Gasteiger partial charge >= 0.3 is 0 Å². The molecule has 1 aliphatic carbocycles. The quantitative estimate of drug-likeness (QED) is 0.686. The lowest BCUT2D eigenvalue weighted by atomic mass is 9.69. The van der Waals surface area contributed by atoms with Crippen LogP contribution >= 0.6 is 0 Å². The molecule has 1 fully saturated rings. The Balaban J connectivity index is 1.94. The number of allylic oxidation sites excluding steroid dienone is 1. The van der Waals surface area contributed by atoms with Crippen LogP contribution in [0.4, 0.5) is 4.39 Å². The zero-order valence-corrected chi connectivity index (χ0v) is 11.0.